The minimum atomic E-state index is -0.398. The third-order valence-corrected chi connectivity index (χ3v) is 7.81. The Morgan fingerprint density at radius 2 is 1.79 bits per heavy atom. The summed E-state index contributed by atoms with van der Waals surface area (Å²) in [5.74, 6) is 0.309. The Hall–Kier alpha value is -1.96. The highest BCUT2D eigenvalue weighted by Gasteiger charge is 2.43. The summed E-state index contributed by atoms with van der Waals surface area (Å²) in [5, 5.41) is 3.28. The van der Waals surface area contributed by atoms with Gasteiger partial charge in [-0.15, -0.1) is 0 Å². The van der Waals surface area contributed by atoms with Crippen molar-refractivity contribution in [2.24, 2.45) is 11.7 Å². The van der Waals surface area contributed by atoms with Crippen LogP contribution in [0.15, 0.2) is 24.3 Å². The Morgan fingerprint density at radius 3 is 2.44 bits per heavy atom. The molecule has 34 heavy (non-hydrogen) atoms. The zero-order valence-electron chi connectivity index (χ0n) is 20.9. The van der Waals surface area contributed by atoms with E-state index in [0.717, 1.165) is 58.0 Å². The van der Waals surface area contributed by atoms with Crippen molar-refractivity contribution in [3.05, 3.63) is 35.4 Å². The number of carbonyl (C=O) groups is 2. The van der Waals surface area contributed by atoms with Crippen molar-refractivity contribution >= 4 is 11.8 Å². The van der Waals surface area contributed by atoms with E-state index in [9.17, 15) is 9.59 Å². The number of aryl methyl sites for hydroxylation is 1. The first-order valence-electron chi connectivity index (χ1n) is 13.1. The van der Waals surface area contributed by atoms with E-state index in [-0.39, 0.29) is 35.9 Å². The second-order valence-electron chi connectivity index (χ2n) is 10.6. The highest BCUT2D eigenvalue weighted by Crippen LogP contribution is 2.34. The quantitative estimate of drug-likeness (QED) is 0.579. The molecule has 0 spiro atoms. The van der Waals surface area contributed by atoms with Crippen LogP contribution in [0.2, 0.25) is 0 Å². The summed E-state index contributed by atoms with van der Waals surface area (Å²) in [6.07, 6.45) is 7.22. The van der Waals surface area contributed by atoms with E-state index in [2.05, 4.69) is 41.4 Å². The molecule has 3 aliphatic rings. The van der Waals surface area contributed by atoms with Crippen LogP contribution in [0.3, 0.4) is 0 Å². The van der Waals surface area contributed by atoms with E-state index in [1.54, 1.807) is 7.11 Å². The predicted octanol–water partition coefficient (Wildman–Crippen LogP) is 2.60. The van der Waals surface area contributed by atoms with Gasteiger partial charge in [0.2, 0.25) is 11.8 Å². The lowest BCUT2D eigenvalue weighted by Crippen LogP contribution is -2.59. The molecule has 1 unspecified atom stereocenters. The van der Waals surface area contributed by atoms with Gasteiger partial charge in [0, 0.05) is 50.8 Å². The van der Waals surface area contributed by atoms with Crippen molar-refractivity contribution in [3.8, 4) is 0 Å². The molecule has 0 radical (unpaired) electrons. The SMILES string of the molecule is COCCN(Cc1ccc(C)cc1)C1CCN(C(=O)C2CC2)[C@@H](C(=O)NC2CCC(N)CC2)C1. The molecule has 1 aliphatic heterocycles. The van der Waals surface area contributed by atoms with Crippen LogP contribution in [0.4, 0.5) is 0 Å². The average molecular weight is 471 g/mol. The lowest BCUT2D eigenvalue weighted by Gasteiger charge is -2.43. The summed E-state index contributed by atoms with van der Waals surface area (Å²) in [6.45, 7) is 5.01. The van der Waals surface area contributed by atoms with Crippen molar-refractivity contribution in [2.45, 2.75) is 89.0 Å². The van der Waals surface area contributed by atoms with Crippen molar-refractivity contribution < 1.29 is 14.3 Å². The molecule has 1 saturated heterocycles. The zero-order chi connectivity index (χ0) is 24.1. The second-order valence-corrected chi connectivity index (χ2v) is 10.6. The molecule has 4 rings (SSSR count). The van der Waals surface area contributed by atoms with Crippen LogP contribution in [0.25, 0.3) is 0 Å². The summed E-state index contributed by atoms with van der Waals surface area (Å²) in [6, 6.07) is 8.90. The van der Waals surface area contributed by atoms with Gasteiger partial charge < -0.3 is 20.7 Å². The fourth-order valence-corrected chi connectivity index (χ4v) is 5.44. The van der Waals surface area contributed by atoms with Gasteiger partial charge in [-0.05, 0) is 63.9 Å². The Labute approximate surface area is 204 Å². The highest BCUT2D eigenvalue weighted by atomic mass is 16.5. The lowest BCUT2D eigenvalue weighted by atomic mass is 9.90. The van der Waals surface area contributed by atoms with Gasteiger partial charge >= 0.3 is 0 Å². The molecule has 0 bridgehead atoms. The number of hydrogen-bond acceptors (Lipinski definition) is 5. The number of nitrogens with zero attached hydrogens (tertiary/aromatic N) is 2. The first kappa shape index (κ1) is 25.1. The molecule has 2 saturated carbocycles. The van der Waals surface area contributed by atoms with E-state index >= 15 is 0 Å². The molecule has 2 amide bonds. The number of nitrogens with one attached hydrogen (secondary N) is 1. The number of rotatable bonds is 9. The van der Waals surface area contributed by atoms with Crippen molar-refractivity contribution in [1.82, 2.24) is 15.1 Å². The third kappa shape index (κ3) is 6.58. The summed E-state index contributed by atoms with van der Waals surface area (Å²) in [4.78, 5) is 30.9. The average Bonchev–Trinajstić information content (AvgIpc) is 3.69. The third-order valence-electron chi connectivity index (χ3n) is 7.81. The van der Waals surface area contributed by atoms with Gasteiger partial charge in [-0.2, -0.15) is 0 Å². The molecule has 188 valence electrons. The van der Waals surface area contributed by atoms with Gasteiger partial charge in [0.1, 0.15) is 6.04 Å². The van der Waals surface area contributed by atoms with E-state index in [4.69, 9.17) is 10.5 Å². The van der Waals surface area contributed by atoms with Gasteiger partial charge in [0.25, 0.3) is 0 Å². The Balaban J connectivity index is 1.47. The van der Waals surface area contributed by atoms with E-state index in [0.29, 0.717) is 19.6 Å². The normalized spacial score (nSPS) is 27.6. The summed E-state index contributed by atoms with van der Waals surface area (Å²) in [5.41, 5.74) is 8.57. The zero-order valence-corrected chi connectivity index (χ0v) is 20.9. The van der Waals surface area contributed by atoms with Crippen LogP contribution in [0.5, 0.6) is 0 Å². The number of amides is 2. The van der Waals surface area contributed by atoms with Crippen LogP contribution in [0.1, 0.15) is 62.5 Å². The molecule has 3 N–H and O–H groups in total. The van der Waals surface area contributed by atoms with Gasteiger partial charge in [-0.3, -0.25) is 14.5 Å². The van der Waals surface area contributed by atoms with Crippen LogP contribution in [-0.2, 0) is 20.9 Å². The smallest absolute Gasteiger partial charge is 0.243 e. The molecule has 1 aromatic rings. The van der Waals surface area contributed by atoms with E-state index < -0.39 is 6.04 Å². The Morgan fingerprint density at radius 1 is 1.09 bits per heavy atom. The summed E-state index contributed by atoms with van der Waals surface area (Å²) in [7, 11) is 1.73. The van der Waals surface area contributed by atoms with Crippen molar-refractivity contribution in [1.29, 1.82) is 0 Å². The monoisotopic (exact) mass is 470 g/mol. The molecule has 7 nitrogen and oxygen atoms in total. The number of nitrogens with two attached hydrogens (primary N) is 1. The van der Waals surface area contributed by atoms with Gasteiger partial charge in [-0.25, -0.2) is 0 Å². The molecule has 0 aromatic heterocycles. The largest absolute Gasteiger partial charge is 0.383 e. The van der Waals surface area contributed by atoms with Crippen LogP contribution >= 0.6 is 0 Å². The van der Waals surface area contributed by atoms with E-state index in [1.807, 2.05) is 4.90 Å². The summed E-state index contributed by atoms with van der Waals surface area (Å²) >= 11 is 0. The van der Waals surface area contributed by atoms with Crippen molar-refractivity contribution in [2.75, 3.05) is 26.8 Å². The summed E-state index contributed by atoms with van der Waals surface area (Å²) < 4.78 is 5.41. The number of hydrogen-bond donors (Lipinski definition) is 2. The Bertz CT molecular complexity index is 818. The predicted molar refractivity (Wildman–Crippen MR) is 133 cm³/mol. The van der Waals surface area contributed by atoms with Crippen LogP contribution in [0, 0.1) is 12.8 Å². The van der Waals surface area contributed by atoms with Crippen molar-refractivity contribution in [3.63, 3.8) is 0 Å². The maximum Gasteiger partial charge on any atom is 0.243 e. The molecule has 2 atom stereocenters. The molecule has 1 heterocycles. The molecular formula is C27H42N4O3. The standard InChI is InChI=1S/C27H42N4O3/c1-19-3-5-20(6-4-19)18-30(15-16-34-2)24-13-14-31(27(33)21-7-8-21)25(17-24)26(32)29-23-11-9-22(28)10-12-23/h3-6,21-25H,7-18,28H2,1-2H3,(H,29,32)/t22?,23?,24?,25-/m1/s1. The highest BCUT2D eigenvalue weighted by molar-refractivity contribution is 5.89. The number of ether oxygens (including phenoxy) is 1. The maximum absolute atomic E-state index is 13.5. The number of piperidine rings is 1. The second kappa shape index (κ2) is 11.6. The number of benzene rings is 1. The topological polar surface area (TPSA) is 87.9 Å². The van der Waals surface area contributed by atoms with Gasteiger partial charge in [0.05, 0.1) is 6.61 Å². The van der Waals surface area contributed by atoms with Crippen LogP contribution in [-0.4, -0.2) is 72.6 Å². The minimum absolute atomic E-state index is 0.0150. The molecule has 7 heteroatoms. The van der Waals surface area contributed by atoms with E-state index in [1.165, 1.54) is 11.1 Å². The van der Waals surface area contributed by atoms with Gasteiger partial charge in [0.15, 0.2) is 0 Å². The first-order valence-corrected chi connectivity index (χ1v) is 13.1. The maximum atomic E-state index is 13.5. The number of likely N-dealkylation sites (tertiary alicyclic amines) is 1. The number of carbonyl (C=O) groups excluding carboxylic acids is 2. The molecule has 3 fully saturated rings. The molecule has 1 aromatic carbocycles. The fraction of sp³-hybridized carbons (Fsp3) is 0.704. The lowest BCUT2D eigenvalue weighted by molar-refractivity contribution is -0.145. The first-order chi connectivity index (χ1) is 16.4. The minimum Gasteiger partial charge on any atom is -0.383 e. The Kier molecular flexibility index (Phi) is 8.61. The fourth-order valence-electron chi connectivity index (χ4n) is 5.44. The number of methoxy groups -OCH3 is 1. The molecule has 2 aliphatic carbocycles. The van der Waals surface area contributed by atoms with Crippen LogP contribution < -0.4 is 11.1 Å². The molecular weight excluding hydrogens is 428 g/mol. The van der Waals surface area contributed by atoms with Gasteiger partial charge in [-0.1, -0.05) is 29.8 Å².